The molecule has 134 valence electrons. The third-order valence-electron chi connectivity index (χ3n) is 3.64. The first-order valence-corrected chi connectivity index (χ1v) is 9.09. The highest BCUT2D eigenvalue weighted by atomic mass is 32.1. The second kappa shape index (κ2) is 7.53. The minimum Gasteiger partial charge on any atom is -0.336 e. The molecule has 3 N–H and O–H groups in total. The Balaban J connectivity index is 1.74. The molecule has 26 heavy (non-hydrogen) atoms. The van der Waals surface area contributed by atoms with Gasteiger partial charge in [0.05, 0.1) is 10.2 Å². The smallest absolute Gasteiger partial charge is 0.319 e. The molecule has 6 nitrogen and oxygen atoms in total. The van der Waals surface area contributed by atoms with E-state index in [1.807, 2.05) is 39.0 Å². The fraction of sp³-hybridized carbons (Fsp3) is 0.211. The number of hydrogen-bond acceptors (Lipinski definition) is 4. The zero-order chi connectivity index (χ0) is 18.7. The largest absolute Gasteiger partial charge is 0.336 e. The van der Waals surface area contributed by atoms with Crippen LogP contribution < -0.4 is 16.0 Å². The first kappa shape index (κ1) is 17.9. The predicted octanol–water partition coefficient (Wildman–Crippen LogP) is 4.39. The highest BCUT2D eigenvalue weighted by molar-refractivity contribution is 7.22. The van der Waals surface area contributed by atoms with E-state index in [2.05, 4.69) is 20.9 Å². The lowest BCUT2D eigenvalue weighted by atomic mass is 10.2. The van der Waals surface area contributed by atoms with Crippen LogP contribution in [0, 0.1) is 6.92 Å². The number of aryl methyl sites for hydroxylation is 1. The van der Waals surface area contributed by atoms with E-state index in [1.54, 1.807) is 24.3 Å². The number of urea groups is 1. The molecule has 0 fully saturated rings. The second-order valence-electron chi connectivity index (χ2n) is 6.23. The molecule has 0 aliphatic heterocycles. The summed E-state index contributed by atoms with van der Waals surface area (Å²) in [7, 11) is 0. The number of amides is 3. The molecular formula is C19H20N4O2S. The van der Waals surface area contributed by atoms with Crippen LogP contribution in [0.3, 0.4) is 0 Å². The van der Waals surface area contributed by atoms with Gasteiger partial charge >= 0.3 is 6.03 Å². The van der Waals surface area contributed by atoms with Crippen molar-refractivity contribution in [1.29, 1.82) is 0 Å². The Hall–Kier alpha value is -2.93. The van der Waals surface area contributed by atoms with Gasteiger partial charge in [0.25, 0.3) is 5.91 Å². The van der Waals surface area contributed by atoms with E-state index in [4.69, 9.17) is 0 Å². The van der Waals surface area contributed by atoms with Gasteiger partial charge in [0, 0.05) is 17.3 Å². The summed E-state index contributed by atoms with van der Waals surface area (Å²) in [4.78, 5) is 28.8. The molecule has 0 saturated heterocycles. The topological polar surface area (TPSA) is 83.1 Å². The summed E-state index contributed by atoms with van der Waals surface area (Å²) in [5.41, 5.74) is 2.97. The Labute approximate surface area is 155 Å². The molecule has 0 radical (unpaired) electrons. The Morgan fingerprint density at radius 2 is 1.85 bits per heavy atom. The number of fused-ring (bicyclic) bond motifs is 1. The Bertz CT molecular complexity index is 965. The summed E-state index contributed by atoms with van der Waals surface area (Å²) in [6, 6.07) is 12.5. The van der Waals surface area contributed by atoms with Crippen molar-refractivity contribution in [3.05, 3.63) is 53.6 Å². The van der Waals surface area contributed by atoms with Gasteiger partial charge in [-0.2, -0.15) is 0 Å². The first-order valence-electron chi connectivity index (χ1n) is 8.27. The minimum absolute atomic E-state index is 0.0315. The van der Waals surface area contributed by atoms with Crippen molar-refractivity contribution in [1.82, 2.24) is 10.3 Å². The molecule has 0 aliphatic rings. The number of anilines is 2. The summed E-state index contributed by atoms with van der Waals surface area (Å²) in [5, 5.41) is 8.84. The molecule has 0 spiro atoms. The number of thiazole rings is 1. The van der Waals surface area contributed by atoms with Gasteiger partial charge in [0.1, 0.15) is 0 Å². The van der Waals surface area contributed by atoms with Crippen LogP contribution in [0.1, 0.15) is 29.8 Å². The summed E-state index contributed by atoms with van der Waals surface area (Å²) >= 11 is 1.43. The van der Waals surface area contributed by atoms with E-state index >= 15 is 0 Å². The fourth-order valence-corrected chi connectivity index (χ4v) is 3.42. The van der Waals surface area contributed by atoms with Gasteiger partial charge in [-0.1, -0.05) is 29.5 Å². The lowest BCUT2D eigenvalue weighted by Gasteiger charge is -2.10. The summed E-state index contributed by atoms with van der Waals surface area (Å²) in [5.74, 6) is -0.269. The number of hydrogen-bond donors (Lipinski definition) is 3. The minimum atomic E-state index is -0.306. The number of nitrogens with one attached hydrogen (secondary N) is 3. The third-order valence-corrected chi connectivity index (χ3v) is 4.58. The standard InChI is InChI=1S/C19H20N4O2S/c1-11(2)20-18(25)21-14-8-5-7-13(10-14)17(24)23-19-22-16-12(3)6-4-9-15(16)26-19/h4-11H,1-3H3,(H2,20,21,25)(H,22,23,24). The lowest BCUT2D eigenvalue weighted by molar-refractivity contribution is 0.102. The van der Waals surface area contributed by atoms with Crippen LogP contribution >= 0.6 is 11.3 Å². The van der Waals surface area contributed by atoms with Crippen molar-refractivity contribution in [2.24, 2.45) is 0 Å². The molecule has 2 aromatic carbocycles. The van der Waals surface area contributed by atoms with Gasteiger partial charge in [-0.05, 0) is 50.6 Å². The van der Waals surface area contributed by atoms with Crippen molar-refractivity contribution in [3.8, 4) is 0 Å². The average Bonchev–Trinajstić information content (AvgIpc) is 2.98. The van der Waals surface area contributed by atoms with Gasteiger partial charge in [-0.15, -0.1) is 0 Å². The molecular weight excluding hydrogens is 348 g/mol. The molecule has 0 atom stereocenters. The van der Waals surface area contributed by atoms with Gasteiger partial charge in [-0.3, -0.25) is 10.1 Å². The van der Waals surface area contributed by atoms with Crippen molar-refractivity contribution >= 4 is 44.3 Å². The Morgan fingerprint density at radius 3 is 2.58 bits per heavy atom. The van der Waals surface area contributed by atoms with Crippen LogP contribution in [0.2, 0.25) is 0 Å². The van der Waals surface area contributed by atoms with Crippen molar-refractivity contribution in [2.45, 2.75) is 26.8 Å². The van der Waals surface area contributed by atoms with E-state index in [-0.39, 0.29) is 18.0 Å². The number of carbonyl (C=O) groups is 2. The molecule has 3 aromatic rings. The summed E-state index contributed by atoms with van der Waals surface area (Å²) < 4.78 is 1.03. The molecule has 3 amide bonds. The number of rotatable bonds is 4. The molecule has 0 saturated carbocycles. The zero-order valence-corrected chi connectivity index (χ0v) is 15.6. The molecule has 0 bridgehead atoms. The van der Waals surface area contributed by atoms with Crippen LogP contribution in [-0.2, 0) is 0 Å². The quantitative estimate of drug-likeness (QED) is 0.639. The Kier molecular flexibility index (Phi) is 5.18. The maximum absolute atomic E-state index is 12.5. The highest BCUT2D eigenvalue weighted by Gasteiger charge is 2.12. The Morgan fingerprint density at radius 1 is 1.08 bits per heavy atom. The van der Waals surface area contributed by atoms with Crippen molar-refractivity contribution < 1.29 is 9.59 Å². The van der Waals surface area contributed by atoms with Gasteiger partial charge in [0.15, 0.2) is 5.13 Å². The van der Waals surface area contributed by atoms with Gasteiger partial charge < -0.3 is 10.6 Å². The van der Waals surface area contributed by atoms with Crippen LogP contribution in [-0.4, -0.2) is 23.0 Å². The van der Waals surface area contributed by atoms with Crippen molar-refractivity contribution in [3.63, 3.8) is 0 Å². The molecule has 1 heterocycles. The third kappa shape index (κ3) is 4.18. The van der Waals surface area contributed by atoms with E-state index in [1.165, 1.54) is 11.3 Å². The number of nitrogens with zero attached hydrogens (tertiary/aromatic N) is 1. The zero-order valence-electron chi connectivity index (χ0n) is 14.8. The highest BCUT2D eigenvalue weighted by Crippen LogP contribution is 2.28. The number of carbonyl (C=O) groups excluding carboxylic acids is 2. The van der Waals surface area contributed by atoms with E-state index < -0.39 is 0 Å². The summed E-state index contributed by atoms with van der Waals surface area (Å²) in [6.45, 7) is 5.75. The normalized spacial score (nSPS) is 10.8. The second-order valence-corrected chi connectivity index (χ2v) is 7.26. The monoisotopic (exact) mass is 368 g/mol. The van der Waals surface area contributed by atoms with E-state index in [0.717, 1.165) is 15.8 Å². The predicted molar refractivity (Wildman–Crippen MR) is 106 cm³/mol. The number of benzene rings is 2. The maximum atomic E-state index is 12.5. The number of aromatic nitrogens is 1. The maximum Gasteiger partial charge on any atom is 0.319 e. The summed E-state index contributed by atoms with van der Waals surface area (Å²) in [6.07, 6.45) is 0. The first-order chi connectivity index (χ1) is 12.4. The van der Waals surface area contributed by atoms with E-state index in [9.17, 15) is 9.59 Å². The fourth-order valence-electron chi connectivity index (χ4n) is 2.48. The van der Waals surface area contributed by atoms with Gasteiger partial charge in [-0.25, -0.2) is 9.78 Å². The van der Waals surface area contributed by atoms with Crippen molar-refractivity contribution in [2.75, 3.05) is 10.6 Å². The SMILES string of the molecule is Cc1cccc2sc(NC(=O)c3cccc(NC(=O)NC(C)C)c3)nc12. The molecule has 0 aliphatic carbocycles. The number of para-hydroxylation sites is 1. The van der Waals surface area contributed by atoms with Crippen LogP contribution in [0.4, 0.5) is 15.6 Å². The lowest BCUT2D eigenvalue weighted by Crippen LogP contribution is -2.34. The van der Waals surface area contributed by atoms with Gasteiger partial charge in [0.2, 0.25) is 0 Å². The van der Waals surface area contributed by atoms with Crippen LogP contribution in [0.25, 0.3) is 10.2 Å². The molecule has 1 aromatic heterocycles. The van der Waals surface area contributed by atoms with E-state index in [0.29, 0.717) is 16.4 Å². The van der Waals surface area contributed by atoms with Crippen LogP contribution in [0.5, 0.6) is 0 Å². The molecule has 0 unspecified atom stereocenters. The molecule has 3 rings (SSSR count). The van der Waals surface area contributed by atoms with Crippen LogP contribution in [0.15, 0.2) is 42.5 Å². The molecule has 7 heteroatoms. The average molecular weight is 368 g/mol.